The summed E-state index contributed by atoms with van der Waals surface area (Å²) < 4.78 is 48.7. The highest BCUT2D eigenvalue weighted by Crippen LogP contribution is 2.38. The standard InChI is InChI=1S/C26H21ClF3N5O3/c27-22-21(24(36)33-9-6-17(7-10-33)34-11-12-38-25(34)37)32-23-19(26(28,29)30)13-16(14-35(22)23)18-5-1-3-15-4-2-8-31-20(15)18/h1-5,8,13-14,17H,6-7,9-12H2. The van der Waals surface area contributed by atoms with E-state index in [9.17, 15) is 22.8 Å². The van der Waals surface area contributed by atoms with Gasteiger partial charge in [0, 0.05) is 48.0 Å². The van der Waals surface area contributed by atoms with Crippen LogP contribution in [-0.4, -0.2) is 68.5 Å². The van der Waals surface area contributed by atoms with Crippen molar-refractivity contribution in [3.63, 3.8) is 0 Å². The number of pyridine rings is 2. The van der Waals surface area contributed by atoms with E-state index in [0.717, 1.165) is 15.9 Å². The van der Waals surface area contributed by atoms with Crippen LogP contribution in [0.3, 0.4) is 0 Å². The summed E-state index contributed by atoms with van der Waals surface area (Å²) in [6, 6.07) is 9.79. The number of cyclic esters (lactones) is 1. The second-order valence-electron chi connectivity index (χ2n) is 9.30. The Morgan fingerprint density at radius 2 is 1.87 bits per heavy atom. The average Bonchev–Trinajstić information content (AvgIpc) is 3.49. The Hall–Kier alpha value is -3.86. The molecule has 0 spiro atoms. The minimum atomic E-state index is -4.74. The number of halogens is 4. The number of para-hydroxylation sites is 1. The van der Waals surface area contributed by atoms with Gasteiger partial charge in [-0.25, -0.2) is 9.78 Å². The second-order valence-corrected chi connectivity index (χ2v) is 9.65. The highest BCUT2D eigenvalue weighted by atomic mass is 35.5. The Morgan fingerprint density at radius 1 is 1.11 bits per heavy atom. The molecule has 0 unspecified atom stereocenters. The number of likely N-dealkylation sites (tertiary alicyclic amines) is 1. The minimum Gasteiger partial charge on any atom is -0.448 e. The topological polar surface area (TPSA) is 80.0 Å². The molecule has 8 nitrogen and oxygen atoms in total. The van der Waals surface area contributed by atoms with Crippen LogP contribution in [0, 0.1) is 0 Å². The Bertz CT molecular complexity index is 1570. The van der Waals surface area contributed by atoms with Gasteiger partial charge in [0.2, 0.25) is 0 Å². The molecule has 4 aromatic rings. The second kappa shape index (κ2) is 9.16. The lowest BCUT2D eigenvalue weighted by Crippen LogP contribution is -2.47. The van der Waals surface area contributed by atoms with Gasteiger partial charge in [-0.15, -0.1) is 0 Å². The van der Waals surface area contributed by atoms with Crippen molar-refractivity contribution in [2.45, 2.75) is 25.1 Å². The predicted octanol–water partition coefficient (Wildman–Crippen LogP) is 5.28. The molecule has 0 bridgehead atoms. The number of hydrogen-bond donors (Lipinski definition) is 0. The largest absolute Gasteiger partial charge is 0.448 e. The van der Waals surface area contributed by atoms with Gasteiger partial charge in [0.05, 0.1) is 17.6 Å². The highest BCUT2D eigenvalue weighted by Gasteiger charge is 2.38. The molecule has 12 heteroatoms. The van der Waals surface area contributed by atoms with Crippen molar-refractivity contribution < 1.29 is 27.5 Å². The molecule has 1 aromatic carbocycles. The first-order chi connectivity index (χ1) is 18.2. The zero-order chi connectivity index (χ0) is 26.6. The first-order valence-electron chi connectivity index (χ1n) is 12.1. The number of aromatic nitrogens is 3. The number of hydrogen-bond acceptors (Lipinski definition) is 5. The molecule has 5 heterocycles. The molecule has 6 rings (SSSR count). The third-order valence-corrected chi connectivity index (χ3v) is 7.46. The summed E-state index contributed by atoms with van der Waals surface area (Å²) in [7, 11) is 0. The number of piperidine rings is 1. The van der Waals surface area contributed by atoms with Crippen molar-refractivity contribution in [2.24, 2.45) is 0 Å². The van der Waals surface area contributed by atoms with E-state index in [1.807, 2.05) is 12.1 Å². The van der Waals surface area contributed by atoms with Gasteiger partial charge in [0.25, 0.3) is 5.91 Å². The van der Waals surface area contributed by atoms with Crippen LogP contribution in [-0.2, 0) is 10.9 Å². The van der Waals surface area contributed by atoms with E-state index in [1.54, 1.807) is 29.3 Å². The van der Waals surface area contributed by atoms with E-state index in [1.165, 1.54) is 11.1 Å². The van der Waals surface area contributed by atoms with Crippen LogP contribution in [0.5, 0.6) is 0 Å². The monoisotopic (exact) mass is 543 g/mol. The molecule has 2 saturated heterocycles. The van der Waals surface area contributed by atoms with Gasteiger partial charge in [0.1, 0.15) is 11.8 Å². The summed E-state index contributed by atoms with van der Waals surface area (Å²) in [5.74, 6) is -0.553. The van der Waals surface area contributed by atoms with Crippen molar-refractivity contribution in [1.29, 1.82) is 0 Å². The molecule has 38 heavy (non-hydrogen) atoms. The van der Waals surface area contributed by atoms with E-state index in [2.05, 4.69) is 9.97 Å². The van der Waals surface area contributed by atoms with Crippen LogP contribution >= 0.6 is 11.6 Å². The van der Waals surface area contributed by atoms with Crippen LogP contribution in [0.25, 0.3) is 27.7 Å². The van der Waals surface area contributed by atoms with Crippen molar-refractivity contribution >= 4 is 40.2 Å². The molecule has 2 aliphatic rings. The summed E-state index contributed by atoms with van der Waals surface area (Å²) in [4.78, 5) is 36.8. The summed E-state index contributed by atoms with van der Waals surface area (Å²) in [6.07, 6.45) is -1.03. The summed E-state index contributed by atoms with van der Waals surface area (Å²) in [6.45, 7) is 1.48. The molecule has 2 amide bonds. The fraction of sp³-hybridized carbons (Fsp3) is 0.308. The maximum Gasteiger partial charge on any atom is 0.420 e. The van der Waals surface area contributed by atoms with Crippen LogP contribution < -0.4 is 0 Å². The van der Waals surface area contributed by atoms with Crippen LogP contribution in [0.4, 0.5) is 18.0 Å². The Balaban J connectivity index is 1.37. The molecule has 0 atom stereocenters. The SMILES string of the molecule is O=C(c1nc2c(C(F)(F)F)cc(-c3cccc4cccnc34)cn2c1Cl)N1CCC(N2CCOC2=O)CC1. The van der Waals surface area contributed by atoms with Crippen molar-refractivity contribution in [2.75, 3.05) is 26.2 Å². The number of amides is 2. The fourth-order valence-corrected chi connectivity index (χ4v) is 5.47. The third-order valence-electron chi connectivity index (χ3n) is 7.10. The van der Waals surface area contributed by atoms with E-state index < -0.39 is 23.3 Å². The lowest BCUT2D eigenvalue weighted by atomic mass is 10.0. The highest BCUT2D eigenvalue weighted by molar-refractivity contribution is 6.33. The maximum absolute atomic E-state index is 14.2. The number of ether oxygens (including phenoxy) is 1. The lowest BCUT2D eigenvalue weighted by molar-refractivity contribution is -0.136. The van der Waals surface area contributed by atoms with E-state index >= 15 is 0 Å². The third kappa shape index (κ3) is 4.10. The summed E-state index contributed by atoms with van der Waals surface area (Å²) >= 11 is 6.52. The number of carbonyl (C=O) groups excluding carboxylic acids is 2. The van der Waals surface area contributed by atoms with Crippen LogP contribution in [0.15, 0.2) is 48.8 Å². The van der Waals surface area contributed by atoms with E-state index in [0.29, 0.717) is 50.2 Å². The minimum absolute atomic E-state index is 0.0562. The van der Waals surface area contributed by atoms with Gasteiger partial charge in [0.15, 0.2) is 11.3 Å². The maximum atomic E-state index is 14.2. The lowest BCUT2D eigenvalue weighted by Gasteiger charge is -2.35. The van der Waals surface area contributed by atoms with Gasteiger partial charge in [-0.1, -0.05) is 35.9 Å². The number of rotatable bonds is 3. The molecule has 196 valence electrons. The van der Waals surface area contributed by atoms with Crippen LogP contribution in [0.2, 0.25) is 5.15 Å². The van der Waals surface area contributed by atoms with Gasteiger partial charge in [-0.3, -0.25) is 14.2 Å². The number of nitrogens with zero attached hydrogens (tertiary/aromatic N) is 5. The zero-order valence-corrected chi connectivity index (χ0v) is 20.7. The van der Waals surface area contributed by atoms with Gasteiger partial charge in [-0.05, 0) is 25.0 Å². The Labute approximate surface area is 219 Å². The number of fused-ring (bicyclic) bond motifs is 2. The first-order valence-corrected chi connectivity index (χ1v) is 12.5. The first kappa shape index (κ1) is 24.5. The van der Waals surface area contributed by atoms with Gasteiger partial charge < -0.3 is 14.5 Å². The molecule has 2 fully saturated rings. The molecule has 0 radical (unpaired) electrons. The molecule has 0 N–H and O–H groups in total. The summed E-state index contributed by atoms with van der Waals surface area (Å²) in [5, 5.41) is 0.577. The number of alkyl halides is 3. The summed E-state index contributed by atoms with van der Waals surface area (Å²) in [5.41, 5.74) is -0.418. The van der Waals surface area contributed by atoms with Crippen LogP contribution in [0.1, 0.15) is 28.9 Å². The number of carbonyl (C=O) groups is 2. The molecule has 2 aliphatic heterocycles. The average molecular weight is 544 g/mol. The predicted molar refractivity (Wildman–Crippen MR) is 133 cm³/mol. The van der Waals surface area contributed by atoms with Gasteiger partial charge >= 0.3 is 12.3 Å². The normalized spacial score (nSPS) is 17.0. The molecular formula is C26H21ClF3N5O3. The van der Waals surface area contributed by atoms with E-state index in [4.69, 9.17) is 16.3 Å². The van der Waals surface area contributed by atoms with Crippen molar-refractivity contribution in [3.8, 4) is 11.1 Å². The molecule has 0 aliphatic carbocycles. The van der Waals surface area contributed by atoms with Crippen molar-refractivity contribution in [1.82, 2.24) is 24.2 Å². The van der Waals surface area contributed by atoms with E-state index in [-0.39, 0.29) is 28.5 Å². The van der Waals surface area contributed by atoms with Crippen molar-refractivity contribution in [3.05, 3.63) is 65.2 Å². The fourth-order valence-electron chi connectivity index (χ4n) is 5.21. The zero-order valence-electron chi connectivity index (χ0n) is 19.9. The molecular weight excluding hydrogens is 523 g/mol. The van der Waals surface area contributed by atoms with Gasteiger partial charge in [-0.2, -0.15) is 13.2 Å². The quantitative estimate of drug-likeness (QED) is 0.351. The smallest absolute Gasteiger partial charge is 0.420 e. The Morgan fingerprint density at radius 3 is 2.58 bits per heavy atom. The number of benzene rings is 1. The molecule has 3 aromatic heterocycles. The molecule has 0 saturated carbocycles. The Kier molecular flexibility index (Phi) is 5.90. The number of imidazole rings is 1.